The van der Waals surface area contributed by atoms with Gasteiger partial charge in [0.2, 0.25) is 5.78 Å². The zero-order valence-electron chi connectivity index (χ0n) is 23.5. The number of phenols is 2. The smallest absolute Gasteiger partial charge is 0.255 e. The summed E-state index contributed by atoms with van der Waals surface area (Å²) in [5.74, 6) is -6.20. The lowest BCUT2D eigenvalue weighted by molar-refractivity contribution is -0.131. The van der Waals surface area contributed by atoms with Crippen LogP contribution in [0.4, 0.5) is 0 Å². The number of amides is 1. The summed E-state index contributed by atoms with van der Waals surface area (Å²) in [6.45, 7) is 6.36. The summed E-state index contributed by atoms with van der Waals surface area (Å²) in [6, 6.07) is 1.42. The van der Waals surface area contributed by atoms with Gasteiger partial charge in [0.15, 0.2) is 11.4 Å². The minimum absolute atomic E-state index is 0.0105. The molecule has 6 N–H and O–H groups in total. The molecule has 2 aromatic carbocycles. The fourth-order valence-corrected chi connectivity index (χ4v) is 8.35. The number of carbonyl (C=O) groups excluding carboxylic acids is 3. The second kappa shape index (κ2) is 8.33. The normalized spacial score (nSPS) is 30.0. The third-order valence-corrected chi connectivity index (χ3v) is 10.3. The Hall–Kier alpha value is -3.89. The van der Waals surface area contributed by atoms with Crippen LogP contribution in [0, 0.1) is 11.3 Å². The Kier molecular flexibility index (Phi) is 5.54. The molecule has 216 valence electrons. The first-order chi connectivity index (χ1) is 19.2. The van der Waals surface area contributed by atoms with Gasteiger partial charge in [0.25, 0.3) is 5.91 Å². The molecule has 0 radical (unpaired) electrons. The van der Waals surface area contributed by atoms with E-state index in [0.29, 0.717) is 23.1 Å². The van der Waals surface area contributed by atoms with E-state index >= 15 is 0 Å². The number of benzene rings is 2. The number of nitrogens with two attached hydrogens (primary N) is 1. The number of primary amides is 1. The maximum Gasteiger partial charge on any atom is 0.255 e. The van der Waals surface area contributed by atoms with Gasteiger partial charge in [-0.05, 0) is 42.7 Å². The van der Waals surface area contributed by atoms with Crippen molar-refractivity contribution in [1.82, 2.24) is 0 Å². The second-order valence-electron chi connectivity index (χ2n) is 12.3. The maximum absolute atomic E-state index is 14.2. The molecule has 10 nitrogen and oxygen atoms in total. The topological polar surface area (TPSA) is 177 Å². The molecule has 10 heteroatoms. The molecule has 0 heterocycles. The maximum atomic E-state index is 14.2. The number of aromatic hydroxyl groups is 2. The number of aliphatic hydroxyl groups is 2. The molecule has 2 aromatic rings. The third-order valence-electron chi connectivity index (χ3n) is 10.3. The Morgan fingerprint density at radius 2 is 1.80 bits per heavy atom. The van der Waals surface area contributed by atoms with Crippen LogP contribution >= 0.6 is 0 Å². The van der Waals surface area contributed by atoms with Crippen LogP contribution < -0.4 is 10.5 Å². The zero-order valence-corrected chi connectivity index (χ0v) is 23.5. The van der Waals surface area contributed by atoms with Gasteiger partial charge in [0.05, 0.1) is 24.2 Å². The number of aliphatic hydroxyl groups excluding tert-OH is 1. The van der Waals surface area contributed by atoms with Crippen LogP contribution in [0.5, 0.6) is 17.2 Å². The van der Waals surface area contributed by atoms with Crippen molar-refractivity contribution >= 4 is 28.2 Å². The molecule has 1 amide bonds. The predicted octanol–water partition coefficient (Wildman–Crippen LogP) is 3.32. The van der Waals surface area contributed by atoms with Gasteiger partial charge in [-0.25, -0.2) is 0 Å². The number of carbonyl (C=O) groups is 3. The summed E-state index contributed by atoms with van der Waals surface area (Å²) >= 11 is 0. The number of rotatable bonds is 3. The summed E-state index contributed by atoms with van der Waals surface area (Å²) in [4.78, 5) is 39.2. The molecule has 0 saturated heterocycles. The third kappa shape index (κ3) is 2.96. The van der Waals surface area contributed by atoms with Gasteiger partial charge in [0, 0.05) is 41.9 Å². The SMILES string of the molecule is COc1cc(O)c2c(O)c3c(c4c2c1[C@@]1(C4)C(C)=CCCC1(C)C)[C@H](OC)[C@@H]1CC(=O)C(C(N)=O)=C(O)[C@]1(O)C3=O. The van der Waals surface area contributed by atoms with Crippen molar-refractivity contribution in [3.05, 3.63) is 51.3 Å². The summed E-state index contributed by atoms with van der Waals surface area (Å²) < 4.78 is 11.7. The number of ether oxygens (including phenoxy) is 2. The van der Waals surface area contributed by atoms with Crippen molar-refractivity contribution in [2.75, 3.05) is 14.2 Å². The molecule has 1 spiro atoms. The van der Waals surface area contributed by atoms with Gasteiger partial charge in [0.1, 0.15) is 28.6 Å². The Bertz CT molecular complexity index is 1680. The van der Waals surface area contributed by atoms with E-state index in [-0.39, 0.29) is 27.7 Å². The zero-order chi connectivity index (χ0) is 30.0. The highest BCUT2D eigenvalue weighted by atomic mass is 16.5. The number of hydrogen-bond acceptors (Lipinski definition) is 9. The monoisotopic (exact) mass is 563 g/mol. The van der Waals surface area contributed by atoms with E-state index in [4.69, 9.17) is 15.2 Å². The average molecular weight is 564 g/mol. The lowest BCUT2D eigenvalue weighted by Crippen LogP contribution is -2.58. The Morgan fingerprint density at radius 3 is 2.39 bits per heavy atom. The van der Waals surface area contributed by atoms with E-state index in [0.717, 1.165) is 24.0 Å². The van der Waals surface area contributed by atoms with Crippen LogP contribution in [0.2, 0.25) is 0 Å². The standard InChI is InChI=1S/C31H33NO9/c1-12-7-6-8-29(2,3)30(12)11-13-18-20(16(34)10-17(40-4)23(18)30)24(35)22-19(13)25(41-5)14-9-15(33)21(28(32)38)26(36)31(14,39)27(22)37/h7,10,14,25,34-36,39H,6,8-9,11H2,1-5H3,(H2,32,38)/t14-,25+,30+,31-/m0/s1. The van der Waals surface area contributed by atoms with Crippen LogP contribution in [-0.2, 0) is 26.2 Å². The first-order valence-electron chi connectivity index (χ1n) is 13.6. The Labute approximate surface area is 236 Å². The van der Waals surface area contributed by atoms with Crippen molar-refractivity contribution < 1.29 is 44.3 Å². The number of ketones is 2. The summed E-state index contributed by atoms with van der Waals surface area (Å²) in [6.07, 6.45) is 2.60. The molecule has 4 aliphatic carbocycles. The average Bonchev–Trinajstić information content (AvgIpc) is 3.26. The van der Waals surface area contributed by atoms with Crippen molar-refractivity contribution in [3.8, 4) is 17.2 Å². The van der Waals surface area contributed by atoms with Gasteiger partial charge in [-0.1, -0.05) is 25.5 Å². The van der Waals surface area contributed by atoms with Crippen molar-refractivity contribution in [3.63, 3.8) is 0 Å². The van der Waals surface area contributed by atoms with E-state index < -0.39 is 64.0 Å². The molecule has 0 aliphatic heterocycles. The first-order valence-corrected chi connectivity index (χ1v) is 13.6. The number of allylic oxidation sites excluding steroid dienone is 2. The van der Waals surface area contributed by atoms with E-state index in [1.54, 1.807) is 0 Å². The van der Waals surface area contributed by atoms with Crippen molar-refractivity contribution in [2.45, 2.75) is 63.6 Å². The highest BCUT2D eigenvalue weighted by molar-refractivity contribution is 6.23. The first kappa shape index (κ1) is 27.3. The highest BCUT2D eigenvalue weighted by Gasteiger charge is 2.64. The largest absolute Gasteiger partial charge is 0.508 e. The van der Waals surface area contributed by atoms with Crippen LogP contribution in [0.3, 0.4) is 0 Å². The van der Waals surface area contributed by atoms with Crippen molar-refractivity contribution in [1.29, 1.82) is 0 Å². The summed E-state index contributed by atoms with van der Waals surface area (Å²) in [5, 5.41) is 46.3. The molecule has 0 unspecified atom stereocenters. The number of fused-ring (bicyclic) bond motifs is 4. The molecule has 0 saturated carbocycles. The molecular formula is C31H33NO9. The van der Waals surface area contributed by atoms with Gasteiger partial charge in [-0.3, -0.25) is 14.4 Å². The Morgan fingerprint density at radius 1 is 1.12 bits per heavy atom. The van der Waals surface area contributed by atoms with E-state index in [2.05, 4.69) is 19.9 Å². The fourth-order valence-electron chi connectivity index (χ4n) is 8.35. The molecule has 0 bridgehead atoms. The van der Waals surface area contributed by atoms with Gasteiger partial charge >= 0.3 is 0 Å². The van der Waals surface area contributed by atoms with Gasteiger partial charge in [-0.2, -0.15) is 0 Å². The minimum atomic E-state index is -2.77. The quantitative estimate of drug-likeness (QED) is 0.277. The summed E-state index contributed by atoms with van der Waals surface area (Å²) in [7, 11) is 2.86. The minimum Gasteiger partial charge on any atom is -0.508 e. The lowest BCUT2D eigenvalue weighted by atomic mass is 9.54. The number of methoxy groups -OCH3 is 2. The van der Waals surface area contributed by atoms with Crippen molar-refractivity contribution in [2.24, 2.45) is 17.1 Å². The predicted molar refractivity (Wildman–Crippen MR) is 147 cm³/mol. The molecule has 41 heavy (non-hydrogen) atoms. The van der Waals surface area contributed by atoms with E-state index in [1.165, 1.54) is 20.3 Å². The molecule has 0 fully saturated rings. The molecule has 4 atom stereocenters. The molecule has 0 aromatic heterocycles. The van der Waals surface area contributed by atoms with Gasteiger partial charge in [-0.15, -0.1) is 0 Å². The Balaban J connectivity index is 1.78. The van der Waals surface area contributed by atoms with Crippen LogP contribution in [0.25, 0.3) is 10.8 Å². The molecular weight excluding hydrogens is 530 g/mol. The molecule has 4 aliphatic rings. The number of hydrogen-bond donors (Lipinski definition) is 5. The number of Topliss-reactive ketones (excluding diaryl/α,β-unsaturated/α-hetero) is 2. The van der Waals surface area contributed by atoms with Crippen LogP contribution in [0.15, 0.2) is 29.0 Å². The lowest BCUT2D eigenvalue weighted by Gasteiger charge is -2.49. The highest BCUT2D eigenvalue weighted by Crippen LogP contribution is 2.66. The van der Waals surface area contributed by atoms with E-state index in [9.17, 15) is 34.8 Å². The fraction of sp³-hybridized carbons (Fsp3) is 0.452. The second-order valence-corrected chi connectivity index (χ2v) is 12.3. The van der Waals surface area contributed by atoms with Crippen LogP contribution in [0.1, 0.15) is 73.2 Å². The number of phenolic OH excluding ortho intramolecular Hbond substituents is 2. The van der Waals surface area contributed by atoms with E-state index in [1.807, 2.05) is 6.92 Å². The summed E-state index contributed by atoms with van der Waals surface area (Å²) in [5.41, 5.74) is 3.16. The molecule has 6 rings (SSSR count). The van der Waals surface area contributed by atoms with Crippen LogP contribution in [-0.4, -0.2) is 57.7 Å². The van der Waals surface area contributed by atoms with Gasteiger partial charge < -0.3 is 35.6 Å².